The van der Waals surface area contributed by atoms with Crippen molar-refractivity contribution >= 4 is 25.4 Å². The van der Waals surface area contributed by atoms with Gasteiger partial charge in [-0.2, -0.15) is 0 Å². The average Bonchev–Trinajstić information content (AvgIpc) is 2.74. The Balaban J connectivity index is 2.55. The molecule has 3 N–H and O–H groups in total. The predicted molar refractivity (Wildman–Crippen MR) is 125 cm³/mol. The monoisotopic (exact) mass is 484 g/mol. The highest BCUT2D eigenvalue weighted by Crippen LogP contribution is 2.31. The maximum atomic E-state index is 13.6. The molecule has 2 atom stereocenters. The lowest BCUT2D eigenvalue weighted by Crippen LogP contribution is -2.34. The van der Waals surface area contributed by atoms with Crippen LogP contribution in [0.4, 0.5) is 5.69 Å². The minimum absolute atomic E-state index is 0.0293. The molecule has 0 saturated heterocycles. The summed E-state index contributed by atoms with van der Waals surface area (Å²) in [7, 11) is -7.37. The molecule has 32 heavy (non-hydrogen) atoms. The maximum Gasteiger partial charge on any atom is 0.264 e. The van der Waals surface area contributed by atoms with Gasteiger partial charge in [0, 0.05) is 12.8 Å². The van der Waals surface area contributed by atoms with Gasteiger partial charge in [0.2, 0.25) is 0 Å². The maximum absolute atomic E-state index is 13.6. The van der Waals surface area contributed by atoms with Crippen LogP contribution in [0.25, 0.3) is 0 Å². The van der Waals surface area contributed by atoms with Gasteiger partial charge in [-0.3, -0.25) is 4.31 Å². The summed E-state index contributed by atoms with van der Waals surface area (Å²) in [5, 5.41) is 18.5. The Kier molecular flexibility index (Phi) is 8.69. The van der Waals surface area contributed by atoms with E-state index in [1.54, 1.807) is 12.1 Å². The first-order valence-electron chi connectivity index (χ1n) is 10.3. The summed E-state index contributed by atoms with van der Waals surface area (Å²) >= 11 is 0. The van der Waals surface area contributed by atoms with Crippen molar-refractivity contribution in [3.05, 3.63) is 48.0 Å². The lowest BCUT2D eigenvalue weighted by Gasteiger charge is -2.27. The molecule has 0 bridgehead atoms. The molecular weight excluding hydrogens is 452 g/mol. The quantitative estimate of drug-likeness (QED) is 0.450. The number of aryl methyl sites for hydroxylation is 1. The van der Waals surface area contributed by atoms with Crippen LogP contribution in [0.5, 0.6) is 5.75 Å². The van der Waals surface area contributed by atoms with Crippen LogP contribution in [0.15, 0.2) is 52.3 Å². The lowest BCUT2D eigenvalue weighted by atomic mass is 10.1. The van der Waals surface area contributed by atoms with Crippen LogP contribution in [0.2, 0.25) is 0 Å². The highest BCUT2D eigenvalue weighted by molar-refractivity contribution is 7.93. The van der Waals surface area contributed by atoms with Gasteiger partial charge in [-0.1, -0.05) is 32.9 Å². The zero-order chi connectivity index (χ0) is 24.1. The fraction of sp³-hybridized carbons (Fsp3) is 0.455. The Morgan fingerprint density at radius 2 is 1.72 bits per heavy atom. The zero-order valence-corrected chi connectivity index (χ0v) is 20.4. The number of aliphatic hydroxyl groups is 2. The molecule has 0 heterocycles. The predicted octanol–water partition coefficient (Wildman–Crippen LogP) is 2.87. The number of benzene rings is 2. The van der Waals surface area contributed by atoms with Gasteiger partial charge in [-0.25, -0.2) is 17.4 Å². The topological polar surface area (TPSA) is 128 Å². The number of sulfonamides is 1. The second-order valence-electron chi connectivity index (χ2n) is 8.05. The molecule has 0 amide bonds. The summed E-state index contributed by atoms with van der Waals surface area (Å²) in [4.78, 5) is -0.195. The van der Waals surface area contributed by atoms with Crippen molar-refractivity contribution in [2.75, 3.05) is 30.3 Å². The molecule has 2 unspecified atom stereocenters. The van der Waals surface area contributed by atoms with Crippen LogP contribution in [-0.2, 0) is 26.2 Å². The van der Waals surface area contributed by atoms with Gasteiger partial charge >= 0.3 is 0 Å². The van der Waals surface area contributed by atoms with E-state index in [2.05, 4.69) is 0 Å². The molecule has 10 heteroatoms. The number of nitrogens with zero attached hydrogens (tertiary/aromatic N) is 1. The molecule has 8 nitrogen and oxygen atoms in total. The Morgan fingerprint density at radius 1 is 1.09 bits per heavy atom. The number of anilines is 1. The highest BCUT2D eigenvalue weighted by atomic mass is 32.2. The van der Waals surface area contributed by atoms with E-state index in [-0.39, 0.29) is 34.6 Å². The summed E-state index contributed by atoms with van der Waals surface area (Å²) in [5.74, 6) is 0.0749. The minimum atomic E-state index is -4.02. The molecule has 178 valence electrons. The summed E-state index contributed by atoms with van der Waals surface area (Å²) in [6.45, 7) is 5.29. The standard InChI is InChI=1S/C22H32N2O6S2/c1-5-17-6-8-18(9-7-17)24(13-16(2)3)32(28,29)20-10-11-21(30-15-19(26)14-25)22(12-20)31(4,23)27/h6-12,16,19,23,25-26H,5,13-15H2,1-4H3. The number of nitrogens with one attached hydrogen (secondary N) is 1. The van der Waals surface area contributed by atoms with Crippen molar-refractivity contribution in [2.45, 2.75) is 43.1 Å². The second kappa shape index (κ2) is 10.7. The fourth-order valence-corrected chi connectivity index (χ4v) is 5.60. The van der Waals surface area contributed by atoms with E-state index < -0.39 is 32.5 Å². The van der Waals surface area contributed by atoms with Crippen molar-refractivity contribution in [3.8, 4) is 5.75 Å². The Bertz CT molecular complexity index is 1110. The Labute approximate surface area is 190 Å². The van der Waals surface area contributed by atoms with Gasteiger partial charge in [-0.05, 0) is 48.2 Å². The summed E-state index contributed by atoms with van der Waals surface area (Å²) in [6.07, 6.45) is 0.850. The van der Waals surface area contributed by atoms with Gasteiger partial charge in [0.15, 0.2) is 0 Å². The number of hydrogen-bond acceptors (Lipinski definition) is 7. The minimum Gasteiger partial charge on any atom is -0.489 e. The zero-order valence-electron chi connectivity index (χ0n) is 18.8. The molecule has 0 aliphatic rings. The Hall–Kier alpha value is -2.14. The van der Waals surface area contributed by atoms with Crippen molar-refractivity contribution in [1.29, 1.82) is 4.78 Å². The molecule has 2 rings (SSSR count). The SMILES string of the molecule is CCc1ccc(N(CC(C)C)S(=O)(=O)c2ccc(OCC(O)CO)c(S(C)(=N)=O)c2)cc1. The smallest absolute Gasteiger partial charge is 0.264 e. The largest absolute Gasteiger partial charge is 0.489 e. The molecule has 0 aliphatic heterocycles. The van der Waals surface area contributed by atoms with Gasteiger partial charge in [0.1, 0.15) is 18.5 Å². The molecule has 0 aromatic heterocycles. The molecule has 0 aliphatic carbocycles. The molecular formula is C22H32N2O6S2. The van der Waals surface area contributed by atoms with Crippen molar-refractivity contribution < 1.29 is 27.6 Å². The summed E-state index contributed by atoms with van der Waals surface area (Å²) in [5.41, 5.74) is 1.61. The van der Waals surface area contributed by atoms with Crippen molar-refractivity contribution in [2.24, 2.45) is 5.92 Å². The van der Waals surface area contributed by atoms with E-state index >= 15 is 0 Å². The number of ether oxygens (including phenoxy) is 1. The van der Waals surface area contributed by atoms with Gasteiger partial charge in [0.25, 0.3) is 10.0 Å². The van der Waals surface area contributed by atoms with Crippen molar-refractivity contribution in [1.82, 2.24) is 0 Å². The van der Waals surface area contributed by atoms with Crippen LogP contribution in [-0.4, -0.2) is 55.0 Å². The normalized spacial score (nSPS) is 14.7. The third kappa shape index (κ3) is 6.44. The molecule has 0 fully saturated rings. The molecule has 0 radical (unpaired) electrons. The van der Waals surface area contributed by atoms with Gasteiger partial charge in [0.05, 0.1) is 31.8 Å². The number of aliphatic hydroxyl groups excluding tert-OH is 2. The van der Waals surface area contributed by atoms with E-state index in [0.29, 0.717) is 5.69 Å². The first-order valence-corrected chi connectivity index (χ1v) is 13.7. The van der Waals surface area contributed by atoms with Crippen LogP contribution in [0.1, 0.15) is 26.3 Å². The van der Waals surface area contributed by atoms with E-state index in [9.17, 15) is 17.7 Å². The number of rotatable bonds is 11. The summed E-state index contributed by atoms with van der Waals surface area (Å²) in [6, 6.07) is 11.2. The van der Waals surface area contributed by atoms with Crippen LogP contribution < -0.4 is 9.04 Å². The third-order valence-corrected chi connectivity index (χ3v) is 7.68. The van der Waals surface area contributed by atoms with Gasteiger partial charge in [-0.15, -0.1) is 0 Å². The number of hydrogen-bond donors (Lipinski definition) is 3. The van der Waals surface area contributed by atoms with Crippen LogP contribution in [0, 0.1) is 10.7 Å². The van der Waals surface area contributed by atoms with E-state index in [1.807, 2.05) is 32.9 Å². The summed E-state index contributed by atoms with van der Waals surface area (Å²) < 4.78 is 54.4. The van der Waals surface area contributed by atoms with Gasteiger partial charge < -0.3 is 14.9 Å². The lowest BCUT2D eigenvalue weighted by molar-refractivity contribution is 0.0526. The molecule has 2 aromatic carbocycles. The van der Waals surface area contributed by atoms with Crippen LogP contribution >= 0.6 is 0 Å². The first-order chi connectivity index (χ1) is 14.9. The Morgan fingerprint density at radius 3 is 2.22 bits per heavy atom. The first kappa shape index (κ1) is 26.1. The molecule has 0 saturated carbocycles. The van der Waals surface area contributed by atoms with Crippen LogP contribution in [0.3, 0.4) is 0 Å². The van der Waals surface area contributed by atoms with E-state index in [1.165, 1.54) is 28.8 Å². The van der Waals surface area contributed by atoms with E-state index in [0.717, 1.165) is 12.0 Å². The molecule has 2 aromatic rings. The van der Waals surface area contributed by atoms with E-state index in [4.69, 9.17) is 14.6 Å². The second-order valence-corrected chi connectivity index (χ2v) is 12.0. The third-order valence-electron chi connectivity index (χ3n) is 4.73. The molecule has 0 spiro atoms. The fourth-order valence-electron chi connectivity index (χ4n) is 3.01. The average molecular weight is 485 g/mol. The van der Waals surface area contributed by atoms with Crippen molar-refractivity contribution in [3.63, 3.8) is 0 Å². The highest BCUT2D eigenvalue weighted by Gasteiger charge is 2.28.